The summed E-state index contributed by atoms with van der Waals surface area (Å²) in [6, 6.07) is 9.96. The van der Waals surface area contributed by atoms with Crippen molar-refractivity contribution in [2.75, 3.05) is 27.3 Å². The van der Waals surface area contributed by atoms with Crippen LogP contribution in [0.25, 0.3) is 0 Å². The first-order chi connectivity index (χ1) is 12.2. The molecule has 1 aromatic carbocycles. The van der Waals surface area contributed by atoms with Gasteiger partial charge in [-0.1, -0.05) is 18.2 Å². The van der Waals surface area contributed by atoms with Crippen LogP contribution in [0.1, 0.15) is 29.3 Å². The van der Waals surface area contributed by atoms with Gasteiger partial charge in [0.2, 0.25) is 0 Å². The predicted octanol–water partition coefficient (Wildman–Crippen LogP) is 3.65. The number of carbonyl (C=O) groups is 1. The average Bonchev–Trinajstić information content (AvgIpc) is 3.16. The van der Waals surface area contributed by atoms with Crippen LogP contribution >= 0.6 is 11.3 Å². The highest BCUT2D eigenvalue weighted by molar-refractivity contribution is 7.10. The number of methoxy groups -OCH3 is 2. The zero-order valence-electron chi connectivity index (χ0n) is 14.5. The molecule has 0 aliphatic carbocycles. The van der Waals surface area contributed by atoms with Gasteiger partial charge in [0.15, 0.2) is 11.5 Å². The van der Waals surface area contributed by atoms with E-state index in [0.717, 1.165) is 24.9 Å². The Kier molecular flexibility index (Phi) is 5.60. The second-order valence-electron chi connectivity index (χ2n) is 6.17. The Labute approximate surface area is 151 Å². The van der Waals surface area contributed by atoms with Crippen LogP contribution in [0.15, 0.2) is 35.7 Å². The van der Waals surface area contributed by atoms with E-state index in [9.17, 15) is 9.90 Å². The Morgan fingerprint density at radius 1 is 1.28 bits per heavy atom. The van der Waals surface area contributed by atoms with Gasteiger partial charge in [-0.2, -0.15) is 0 Å². The van der Waals surface area contributed by atoms with E-state index in [2.05, 4.69) is 11.0 Å². The van der Waals surface area contributed by atoms with E-state index in [0.29, 0.717) is 18.0 Å². The molecule has 0 saturated carbocycles. The van der Waals surface area contributed by atoms with Gasteiger partial charge >= 0.3 is 5.97 Å². The van der Waals surface area contributed by atoms with Crippen LogP contribution in [0.3, 0.4) is 0 Å². The van der Waals surface area contributed by atoms with Gasteiger partial charge in [-0.15, -0.1) is 11.3 Å². The Bertz CT molecular complexity index is 716. The molecular weight excluding hydrogens is 338 g/mol. The van der Waals surface area contributed by atoms with E-state index >= 15 is 0 Å². The molecule has 3 rings (SSSR count). The minimum absolute atomic E-state index is 0.0350. The van der Waals surface area contributed by atoms with Gasteiger partial charge in [-0.05, 0) is 36.9 Å². The second kappa shape index (κ2) is 7.89. The lowest BCUT2D eigenvalue weighted by Crippen LogP contribution is -2.41. The van der Waals surface area contributed by atoms with Crippen LogP contribution in [0.2, 0.25) is 0 Å². The van der Waals surface area contributed by atoms with Gasteiger partial charge in [0.1, 0.15) is 0 Å². The molecular formula is C19H23NO4S. The Hall–Kier alpha value is -2.05. The Morgan fingerprint density at radius 2 is 2.12 bits per heavy atom. The summed E-state index contributed by atoms with van der Waals surface area (Å²) in [7, 11) is 3.27. The molecule has 1 fully saturated rings. The van der Waals surface area contributed by atoms with Crippen molar-refractivity contribution in [3.05, 3.63) is 46.2 Å². The van der Waals surface area contributed by atoms with Crippen molar-refractivity contribution >= 4 is 17.3 Å². The fourth-order valence-electron chi connectivity index (χ4n) is 3.55. The van der Waals surface area contributed by atoms with Gasteiger partial charge in [-0.25, -0.2) is 0 Å². The summed E-state index contributed by atoms with van der Waals surface area (Å²) in [6.07, 6.45) is 1.61. The third-order valence-corrected chi connectivity index (χ3v) is 5.63. The molecule has 2 aromatic rings. The van der Waals surface area contributed by atoms with Crippen molar-refractivity contribution in [2.24, 2.45) is 5.92 Å². The molecule has 2 heterocycles. The third-order valence-electron chi connectivity index (χ3n) is 4.71. The second-order valence-corrected chi connectivity index (χ2v) is 7.15. The number of piperidine rings is 1. The van der Waals surface area contributed by atoms with E-state index in [1.165, 1.54) is 4.88 Å². The first-order valence-electron chi connectivity index (χ1n) is 8.36. The molecule has 1 aliphatic heterocycles. The standard InChI is InChI=1S/C19H23NO4S/c1-23-15-8-3-7-14(18(15)24-2)17(16-9-5-11-25-16)20-10-4-6-13(12-20)19(21)22/h3,5,7-9,11,13,17H,4,6,10,12H2,1-2H3,(H,21,22). The summed E-state index contributed by atoms with van der Waals surface area (Å²) in [4.78, 5) is 14.9. The van der Waals surface area contributed by atoms with Crippen LogP contribution in [0, 0.1) is 5.92 Å². The van der Waals surface area contributed by atoms with Crippen molar-refractivity contribution in [3.63, 3.8) is 0 Å². The van der Waals surface area contributed by atoms with Crippen molar-refractivity contribution in [2.45, 2.75) is 18.9 Å². The molecule has 2 unspecified atom stereocenters. The summed E-state index contributed by atoms with van der Waals surface area (Å²) < 4.78 is 11.1. The minimum Gasteiger partial charge on any atom is -0.493 e. The van der Waals surface area contributed by atoms with Gasteiger partial charge < -0.3 is 14.6 Å². The smallest absolute Gasteiger partial charge is 0.307 e. The Morgan fingerprint density at radius 3 is 2.76 bits per heavy atom. The lowest BCUT2D eigenvalue weighted by Gasteiger charge is -2.37. The number of nitrogens with zero attached hydrogens (tertiary/aromatic N) is 1. The van der Waals surface area contributed by atoms with E-state index in [4.69, 9.17) is 9.47 Å². The molecule has 0 amide bonds. The largest absolute Gasteiger partial charge is 0.493 e. The number of likely N-dealkylation sites (tertiary alicyclic amines) is 1. The molecule has 0 spiro atoms. The van der Waals surface area contributed by atoms with Crippen LogP contribution in [-0.2, 0) is 4.79 Å². The summed E-state index contributed by atoms with van der Waals surface area (Å²) in [5, 5.41) is 11.5. The van der Waals surface area contributed by atoms with Crippen molar-refractivity contribution in [3.8, 4) is 11.5 Å². The van der Waals surface area contributed by atoms with Gasteiger partial charge in [0, 0.05) is 17.0 Å². The maximum Gasteiger partial charge on any atom is 0.307 e. The fourth-order valence-corrected chi connectivity index (χ4v) is 4.42. The number of thiophene rings is 1. The SMILES string of the molecule is COc1cccc(C(c2cccs2)N2CCCC(C(=O)O)C2)c1OC. The summed E-state index contributed by atoms with van der Waals surface area (Å²) in [5.41, 5.74) is 1.01. The number of aliphatic carboxylic acids is 1. The summed E-state index contributed by atoms with van der Waals surface area (Å²) in [6.45, 7) is 1.41. The van der Waals surface area contributed by atoms with Crippen molar-refractivity contribution in [1.82, 2.24) is 4.90 Å². The third kappa shape index (κ3) is 3.65. The fraction of sp³-hybridized carbons (Fsp3) is 0.421. The quantitative estimate of drug-likeness (QED) is 0.851. The number of para-hydroxylation sites is 1. The van der Waals surface area contributed by atoms with Crippen molar-refractivity contribution in [1.29, 1.82) is 0 Å². The molecule has 5 nitrogen and oxygen atoms in total. The van der Waals surface area contributed by atoms with Crippen LogP contribution < -0.4 is 9.47 Å². The maximum atomic E-state index is 11.5. The summed E-state index contributed by atoms with van der Waals surface area (Å²) >= 11 is 1.68. The molecule has 1 aromatic heterocycles. The molecule has 6 heteroatoms. The van der Waals surface area contributed by atoms with Gasteiger partial charge in [0.05, 0.1) is 26.2 Å². The van der Waals surface area contributed by atoms with E-state index in [1.54, 1.807) is 25.6 Å². The molecule has 134 valence electrons. The first-order valence-corrected chi connectivity index (χ1v) is 9.24. The number of hydrogen-bond acceptors (Lipinski definition) is 5. The van der Waals surface area contributed by atoms with E-state index in [-0.39, 0.29) is 12.0 Å². The highest BCUT2D eigenvalue weighted by Crippen LogP contribution is 2.42. The lowest BCUT2D eigenvalue weighted by molar-refractivity contribution is -0.143. The van der Waals surface area contributed by atoms with Crippen LogP contribution in [-0.4, -0.2) is 43.3 Å². The molecule has 0 radical (unpaired) electrons. The molecule has 2 atom stereocenters. The predicted molar refractivity (Wildman–Crippen MR) is 97.6 cm³/mol. The van der Waals surface area contributed by atoms with Crippen molar-refractivity contribution < 1.29 is 19.4 Å². The van der Waals surface area contributed by atoms with Crippen LogP contribution in [0.4, 0.5) is 0 Å². The minimum atomic E-state index is -0.716. The average molecular weight is 361 g/mol. The molecule has 0 bridgehead atoms. The monoisotopic (exact) mass is 361 g/mol. The molecule has 25 heavy (non-hydrogen) atoms. The summed E-state index contributed by atoms with van der Waals surface area (Å²) in [5.74, 6) is 0.356. The topological polar surface area (TPSA) is 59.0 Å². The number of hydrogen-bond donors (Lipinski definition) is 1. The number of benzene rings is 1. The highest BCUT2D eigenvalue weighted by Gasteiger charge is 2.33. The van der Waals surface area contributed by atoms with Gasteiger partial charge in [0.25, 0.3) is 0 Å². The normalized spacial score (nSPS) is 19.4. The zero-order chi connectivity index (χ0) is 17.8. The number of ether oxygens (including phenoxy) is 2. The zero-order valence-corrected chi connectivity index (χ0v) is 15.3. The number of rotatable bonds is 6. The number of carboxylic acid groups (broad SMARTS) is 1. The lowest BCUT2D eigenvalue weighted by atomic mass is 9.93. The number of carboxylic acids is 1. The van der Waals surface area contributed by atoms with Crippen LogP contribution in [0.5, 0.6) is 11.5 Å². The van der Waals surface area contributed by atoms with E-state index in [1.807, 2.05) is 29.6 Å². The maximum absolute atomic E-state index is 11.5. The van der Waals surface area contributed by atoms with Gasteiger partial charge in [-0.3, -0.25) is 9.69 Å². The van der Waals surface area contributed by atoms with E-state index < -0.39 is 5.97 Å². The molecule has 1 saturated heterocycles. The molecule has 1 aliphatic rings. The first kappa shape index (κ1) is 17.8. The highest BCUT2D eigenvalue weighted by atomic mass is 32.1. The molecule has 1 N–H and O–H groups in total. The Balaban J connectivity index is 2.04.